The first-order valence-electron chi connectivity index (χ1n) is 7.73. The minimum Gasteiger partial charge on any atom is -0.346 e. The van der Waals surface area contributed by atoms with E-state index in [1.54, 1.807) is 18.2 Å². The van der Waals surface area contributed by atoms with Gasteiger partial charge in [0.1, 0.15) is 11.6 Å². The van der Waals surface area contributed by atoms with E-state index >= 15 is 0 Å². The van der Waals surface area contributed by atoms with E-state index in [-0.39, 0.29) is 24.2 Å². The van der Waals surface area contributed by atoms with Gasteiger partial charge < -0.3 is 9.88 Å². The van der Waals surface area contributed by atoms with Crippen LogP contribution in [0.5, 0.6) is 0 Å². The third-order valence-electron chi connectivity index (χ3n) is 3.78. The molecule has 3 aromatic rings. The molecule has 1 amide bonds. The minimum absolute atomic E-state index is 0.142. The van der Waals surface area contributed by atoms with Crippen molar-refractivity contribution in [1.29, 1.82) is 0 Å². The zero-order chi connectivity index (χ0) is 16.9. The Morgan fingerprint density at radius 3 is 2.50 bits per heavy atom. The van der Waals surface area contributed by atoms with Crippen molar-refractivity contribution < 1.29 is 9.18 Å². The molecule has 24 heavy (non-hydrogen) atoms. The van der Waals surface area contributed by atoms with Crippen LogP contribution < -0.4 is 5.32 Å². The molecule has 1 N–H and O–H groups in total. The smallest absolute Gasteiger partial charge is 0.227 e. The summed E-state index contributed by atoms with van der Waals surface area (Å²) in [5.41, 5.74) is 1.72. The van der Waals surface area contributed by atoms with E-state index in [4.69, 9.17) is 0 Å². The van der Waals surface area contributed by atoms with Crippen LogP contribution in [0.1, 0.15) is 23.7 Å². The Morgan fingerprint density at radius 1 is 1.12 bits per heavy atom. The molecule has 0 aliphatic carbocycles. The van der Waals surface area contributed by atoms with Gasteiger partial charge in [0, 0.05) is 18.1 Å². The predicted molar refractivity (Wildman–Crippen MR) is 91.2 cm³/mol. The van der Waals surface area contributed by atoms with Gasteiger partial charge in [0.05, 0.1) is 12.5 Å². The SMILES string of the molecule is Cc1cccc(NC(=O)C[C@H](c2ccc(F)cc2)n2cccc2)n1. The highest BCUT2D eigenvalue weighted by molar-refractivity contribution is 5.90. The molecule has 0 unspecified atom stereocenters. The number of hydrogen-bond donors (Lipinski definition) is 1. The number of anilines is 1. The Kier molecular flexibility index (Phi) is 4.70. The van der Waals surface area contributed by atoms with Gasteiger partial charge in [-0.25, -0.2) is 9.37 Å². The van der Waals surface area contributed by atoms with Crippen molar-refractivity contribution in [2.45, 2.75) is 19.4 Å². The molecular formula is C19H18FN3O. The van der Waals surface area contributed by atoms with Crippen LogP contribution >= 0.6 is 0 Å². The van der Waals surface area contributed by atoms with E-state index in [0.29, 0.717) is 5.82 Å². The maximum Gasteiger partial charge on any atom is 0.227 e. The van der Waals surface area contributed by atoms with Crippen LogP contribution in [-0.2, 0) is 4.79 Å². The summed E-state index contributed by atoms with van der Waals surface area (Å²) in [6.45, 7) is 1.87. The van der Waals surface area contributed by atoms with Crippen molar-refractivity contribution in [3.05, 3.63) is 84.1 Å². The number of aryl methyl sites for hydroxylation is 1. The highest BCUT2D eigenvalue weighted by Crippen LogP contribution is 2.23. The molecule has 2 heterocycles. The molecular weight excluding hydrogens is 305 g/mol. The van der Waals surface area contributed by atoms with E-state index in [1.807, 2.05) is 48.1 Å². The zero-order valence-corrected chi connectivity index (χ0v) is 13.3. The van der Waals surface area contributed by atoms with Gasteiger partial charge in [-0.3, -0.25) is 4.79 Å². The molecule has 3 rings (SSSR count). The van der Waals surface area contributed by atoms with E-state index in [9.17, 15) is 9.18 Å². The molecule has 1 aromatic carbocycles. The number of amides is 1. The summed E-state index contributed by atoms with van der Waals surface area (Å²) in [4.78, 5) is 16.7. The van der Waals surface area contributed by atoms with Gasteiger partial charge in [0.15, 0.2) is 0 Å². The van der Waals surface area contributed by atoms with Crippen molar-refractivity contribution >= 4 is 11.7 Å². The van der Waals surface area contributed by atoms with Crippen molar-refractivity contribution in [3.8, 4) is 0 Å². The summed E-state index contributed by atoms with van der Waals surface area (Å²) < 4.78 is 15.1. The number of pyridine rings is 1. The lowest BCUT2D eigenvalue weighted by Gasteiger charge is -2.19. The molecule has 1 atom stereocenters. The minimum atomic E-state index is -0.293. The molecule has 0 saturated heterocycles. The first kappa shape index (κ1) is 15.9. The van der Waals surface area contributed by atoms with Crippen LogP contribution in [0.4, 0.5) is 10.2 Å². The second-order valence-corrected chi connectivity index (χ2v) is 5.61. The number of halogens is 1. The van der Waals surface area contributed by atoms with Crippen molar-refractivity contribution in [1.82, 2.24) is 9.55 Å². The Balaban J connectivity index is 1.79. The fourth-order valence-electron chi connectivity index (χ4n) is 2.62. The summed E-state index contributed by atoms with van der Waals surface area (Å²) in [7, 11) is 0. The summed E-state index contributed by atoms with van der Waals surface area (Å²) >= 11 is 0. The van der Waals surface area contributed by atoms with Crippen LogP contribution in [0.2, 0.25) is 0 Å². The number of carbonyl (C=O) groups excluding carboxylic acids is 1. The standard InChI is InChI=1S/C19H18FN3O/c1-14-5-4-6-18(21-14)22-19(24)13-17(23-11-2-3-12-23)15-7-9-16(20)10-8-15/h2-12,17H,13H2,1H3,(H,21,22,24)/t17-/m1/s1. The number of hydrogen-bond acceptors (Lipinski definition) is 2. The van der Waals surface area contributed by atoms with Gasteiger partial charge in [-0.1, -0.05) is 18.2 Å². The van der Waals surface area contributed by atoms with Crippen LogP contribution in [-0.4, -0.2) is 15.5 Å². The quantitative estimate of drug-likeness (QED) is 0.773. The van der Waals surface area contributed by atoms with E-state index < -0.39 is 0 Å². The lowest BCUT2D eigenvalue weighted by molar-refractivity contribution is -0.116. The molecule has 0 saturated carbocycles. The van der Waals surface area contributed by atoms with E-state index in [1.165, 1.54) is 12.1 Å². The highest BCUT2D eigenvalue weighted by atomic mass is 19.1. The number of benzene rings is 1. The lowest BCUT2D eigenvalue weighted by Crippen LogP contribution is -2.20. The van der Waals surface area contributed by atoms with Crippen molar-refractivity contribution in [2.75, 3.05) is 5.32 Å². The number of aromatic nitrogens is 2. The van der Waals surface area contributed by atoms with Gasteiger partial charge in [-0.05, 0) is 48.9 Å². The molecule has 0 radical (unpaired) electrons. The predicted octanol–water partition coefficient (Wildman–Crippen LogP) is 3.95. The molecule has 0 spiro atoms. The fourth-order valence-corrected chi connectivity index (χ4v) is 2.62. The number of nitrogens with zero attached hydrogens (tertiary/aromatic N) is 2. The molecule has 0 aliphatic rings. The second-order valence-electron chi connectivity index (χ2n) is 5.61. The van der Waals surface area contributed by atoms with Gasteiger partial charge in [0.2, 0.25) is 5.91 Å². The Morgan fingerprint density at radius 2 is 1.83 bits per heavy atom. The maximum atomic E-state index is 13.2. The average molecular weight is 323 g/mol. The van der Waals surface area contributed by atoms with Gasteiger partial charge in [0.25, 0.3) is 0 Å². The summed E-state index contributed by atoms with van der Waals surface area (Å²) in [5, 5.41) is 2.82. The van der Waals surface area contributed by atoms with Crippen LogP contribution in [0.15, 0.2) is 67.0 Å². The third-order valence-corrected chi connectivity index (χ3v) is 3.78. The van der Waals surface area contributed by atoms with Gasteiger partial charge in [-0.15, -0.1) is 0 Å². The molecule has 4 nitrogen and oxygen atoms in total. The molecule has 0 fully saturated rings. The third kappa shape index (κ3) is 3.87. The summed E-state index contributed by atoms with van der Waals surface area (Å²) in [6, 6.07) is 15.3. The lowest BCUT2D eigenvalue weighted by atomic mass is 10.0. The molecule has 0 bridgehead atoms. The van der Waals surface area contributed by atoms with Crippen molar-refractivity contribution in [2.24, 2.45) is 0 Å². The largest absolute Gasteiger partial charge is 0.346 e. The Bertz CT molecular complexity index is 813. The fraction of sp³-hybridized carbons (Fsp3) is 0.158. The molecule has 2 aromatic heterocycles. The molecule has 122 valence electrons. The zero-order valence-electron chi connectivity index (χ0n) is 13.3. The average Bonchev–Trinajstić information content (AvgIpc) is 3.08. The Hall–Kier alpha value is -2.95. The van der Waals surface area contributed by atoms with Gasteiger partial charge >= 0.3 is 0 Å². The van der Waals surface area contributed by atoms with E-state index in [2.05, 4.69) is 10.3 Å². The topological polar surface area (TPSA) is 46.9 Å². The molecule has 0 aliphatic heterocycles. The van der Waals surface area contributed by atoms with Crippen LogP contribution in [0, 0.1) is 12.7 Å². The van der Waals surface area contributed by atoms with Crippen molar-refractivity contribution in [3.63, 3.8) is 0 Å². The molecule has 5 heteroatoms. The van der Waals surface area contributed by atoms with Crippen LogP contribution in [0.3, 0.4) is 0 Å². The van der Waals surface area contributed by atoms with E-state index in [0.717, 1.165) is 11.3 Å². The first-order valence-corrected chi connectivity index (χ1v) is 7.73. The summed E-state index contributed by atoms with van der Waals surface area (Å²) in [5.74, 6) is 0.0971. The van der Waals surface area contributed by atoms with Gasteiger partial charge in [-0.2, -0.15) is 0 Å². The summed E-state index contributed by atoms with van der Waals surface area (Å²) in [6.07, 6.45) is 4.02. The Labute approximate surface area is 140 Å². The monoisotopic (exact) mass is 323 g/mol. The highest BCUT2D eigenvalue weighted by Gasteiger charge is 2.18. The number of rotatable bonds is 5. The normalized spacial score (nSPS) is 11.9. The number of carbonyl (C=O) groups is 1. The van der Waals surface area contributed by atoms with Crippen LogP contribution in [0.25, 0.3) is 0 Å². The first-order chi connectivity index (χ1) is 11.6. The second kappa shape index (κ2) is 7.08. The maximum absolute atomic E-state index is 13.2. The number of nitrogens with one attached hydrogen (secondary N) is 1.